The molecule has 0 spiro atoms. The Kier molecular flexibility index (Phi) is 3.24. The van der Waals surface area contributed by atoms with Gasteiger partial charge in [-0.15, -0.1) is 0 Å². The molecule has 1 fully saturated rings. The fourth-order valence-electron chi connectivity index (χ4n) is 1.58. The van der Waals surface area contributed by atoms with Crippen LogP contribution in [0.2, 0.25) is 0 Å². The lowest BCUT2D eigenvalue weighted by atomic mass is 9.86. The fraction of sp³-hybridized carbons (Fsp3) is 0.875. The van der Waals surface area contributed by atoms with Crippen molar-refractivity contribution in [2.75, 3.05) is 20.3 Å². The molecule has 0 aromatic carbocycles. The maximum atomic E-state index is 10.7. The Morgan fingerprint density at radius 1 is 1.62 bits per heavy atom. The lowest BCUT2D eigenvalue weighted by molar-refractivity contribution is -0.155. The molecule has 5 heteroatoms. The van der Waals surface area contributed by atoms with Gasteiger partial charge in [0.15, 0.2) is 0 Å². The first-order valence-electron chi connectivity index (χ1n) is 4.24. The van der Waals surface area contributed by atoms with Crippen molar-refractivity contribution in [3.63, 3.8) is 0 Å². The maximum absolute atomic E-state index is 10.7. The molecule has 3 N–H and O–H groups in total. The summed E-state index contributed by atoms with van der Waals surface area (Å²) < 4.78 is 10.3. The molecule has 1 rings (SSSR count). The van der Waals surface area contributed by atoms with Gasteiger partial charge in [0.25, 0.3) is 0 Å². The average Bonchev–Trinajstić information content (AvgIpc) is 2.17. The van der Waals surface area contributed by atoms with Crippen molar-refractivity contribution in [2.45, 2.75) is 24.5 Å². The highest BCUT2D eigenvalue weighted by molar-refractivity contribution is 5.74. The van der Waals surface area contributed by atoms with E-state index in [1.807, 2.05) is 0 Å². The van der Waals surface area contributed by atoms with Gasteiger partial charge in [0.05, 0.1) is 5.60 Å². The Balaban J connectivity index is 2.72. The Morgan fingerprint density at radius 2 is 2.15 bits per heavy atom. The first-order valence-corrected chi connectivity index (χ1v) is 4.24. The van der Waals surface area contributed by atoms with Crippen LogP contribution in [0.25, 0.3) is 0 Å². The summed E-state index contributed by atoms with van der Waals surface area (Å²) in [6.45, 7) is 1.02. The van der Waals surface area contributed by atoms with E-state index in [2.05, 4.69) is 0 Å². The molecule has 0 saturated carbocycles. The van der Waals surface area contributed by atoms with Crippen molar-refractivity contribution in [3.05, 3.63) is 0 Å². The molecule has 0 amide bonds. The number of methoxy groups -OCH3 is 1. The molecular weight excluding hydrogens is 174 g/mol. The van der Waals surface area contributed by atoms with Crippen LogP contribution in [0.15, 0.2) is 0 Å². The maximum Gasteiger partial charge on any atom is 0.323 e. The van der Waals surface area contributed by atoms with Crippen LogP contribution in [0.1, 0.15) is 12.8 Å². The van der Waals surface area contributed by atoms with E-state index in [4.69, 9.17) is 20.3 Å². The lowest BCUT2D eigenvalue weighted by Gasteiger charge is -2.38. The smallest absolute Gasteiger partial charge is 0.323 e. The normalized spacial score (nSPS) is 23.8. The number of aliphatic carboxylic acids is 1. The summed E-state index contributed by atoms with van der Waals surface area (Å²) in [5.41, 5.74) is 4.81. The topological polar surface area (TPSA) is 81.8 Å². The molecule has 0 aliphatic carbocycles. The van der Waals surface area contributed by atoms with E-state index in [1.54, 1.807) is 0 Å². The summed E-state index contributed by atoms with van der Waals surface area (Å²) in [4.78, 5) is 10.7. The number of ether oxygens (including phenoxy) is 2. The van der Waals surface area contributed by atoms with Crippen LogP contribution >= 0.6 is 0 Å². The van der Waals surface area contributed by atoms with Crippen LogP contribution in [-0.4, -0.2) is 43.0 Å². The second kappa shape index (κ2) is 4.04. The van der Waals surface area contributed by atoms with E-state index in [0.29, 0.717) is 26.1 Å². The quantitative estimate of drug-likeness (QED) is 0.631. The minimum atomic E-state index is -1.02. The Bertz CT molecular complexity index is 189. The van der Waals surface area contributed by atoms with E-state index in [1.165, 1.54) is 7.11 Å². The third kappa shape index (κ3) is 1.99. The molecule has 76 valence electrons. The molecule has 1 aliphatic rings. The van der Waals surface area contributed by atoms with Crippen molar-refractivity contribution in [1.82, 2.24) is 0 Å². The highest BCUT2D eigenvalue weighted by atomic mass is 16.5. The number of carboxylic acid groups (broad SMARTS) is 1. The third-order valence-electron chi connectivity index (χ3n) is 2.58. The predicted octanol–water partition coefficient (Wildman–Crippen LogP) is -0.406. The van der Waals surface area contributed by atoms with E-state index in [-0.39, 0.29) is 0 Å². The van der Waals surface area contributed by atoms with Crippen molar-refractivity contribution in [2.24, 2.45) is 5.73 Å². The molecule has 1 heterocycles. The monoisotopic (exact) mass is 189 g/mol. The van der Waals surface area contributed by atoms with Crippen LogP contribution in [0.4, 0.5) is 0 Å². The Morgan fingerprint density at radius 3 is 2.54 bits per heavy atom. The molecule has 1 saturated heterocycles. The highest BCUT2D eigenvalue weighted by Gasteiger charge is 2.42. The predicted molar refractivity (Wildman–Crippen MR) is 45.4 cm³/mol. The second-order valence-electron chi connectivity index (χ2n) is 3.20. The Labute approximate surface area is 76.8 Å². The zero-order valence-electron chi connectivity index (χ0n) is 7.66. The number of carboxylic acids is 1. The van der Waals surface area contributed by atoms with Gasteiger partial charge in [0, 0.05) is 33.2 Å². The standard InChI is InChI=1S/C8H15NO4/c1-12-8(6(9)7(10)11)2-4-13-5-3-8/h6H,2-5,9H2,1H3,(H,10,11). The number of carbonyl (C=O) groups is 1. The van der Waals surface area contributed by atoms with Gasteiger partial charge >= 0.3 is 5.97 Å². The third-order valence-corrected chi connectivity index (χ3v) is 2.58. The zero-order valence-corrected chi connectivity index (χ0v) is 7.66. The molecule has 0 radical (unpaired) electrons. The van der Waals surface area contributed by atoms with Gasteiger partial charge in [-0.1, -0.05) is 0 Å². The zero-order chi connectivity index (χ0) is 9.90. The van der Waals surface area contributed by atoms with Gasteiger partial charge in [0.1, 0.15) is 6.04 Å². The Hall–Kier alpha value is -0.650. The van der Waals surface area contributed by atoms with Crippen molar-refractivity contribution >= 4 is 5.97 Å². The average molecular weight is 189 g/mol. The molecule has 1 unspecified atom stereocenters. The van der Waals surface area contributed by atoms with E-state index in [0.717, 1.165) is 0 Å². The van der Waals surface area contributed by atoms with Crippen LogP contribution in [0.5, 0.6) is 0 Å². The summed E-state index contributed by atoms with van der Waals surface area (Å²) in [5, 5.41) is 8.78. The molecule has 1 aliphatic heterocycles. The second-order valence-corrected chi connectivity index (χ2v) is 3.20. The lowest BCUT2D eigenvalue weighted by Crippen LogP contribution is -2.56. The number of nitrogens with two attached hydrogens (primary N) is 1. The minimum absolute atomic E-state index is 0.509. The minimum Gasteiger partial charge on any atom is -0.480 e. The number of hydrogen-bond acceptors (Lipinski definition) is 4. The molecule has 0 aromatic rings. The summed E-state index contributed by atoms with van der Waals surface area (Å²) in [6.07, 6.45) is 1.08. The summed E-state index contributed by atoms with van der Waals surface area (Å²) >= 11 is 0. The van der Waals surface area contributed by atoms with Crippen LogP contribution in [0.3, 0.4) is 0 Å². The van der Waals surface area contributed by atoms with Crippen molar-refractivity contribution in [1.29, 1.82) is 0 Å². The SMILES string of the molecule is COC1(C(N)C(=O)O)CCOCC1. The van der Waals surface area contributed by atoms with E-state index in [9.17, 15) is 4.79 Å². The summed E-state index contributed by atoms with van der Waals surface area (Å²) in [7, 11) is 1.49. The summed E-state index contributed by atoms with van der Waals surface area (Å²) in [6, 6.07) is -0.971. The van der Waals surface area contributed by atoms with Gasteiger partial charge in [-0.05, 0) is 0 Å². The van der Waals surface area contributed by atoms with Crippen molar-refractivity contribution < 1.29 is 19.4 Å². The highest BCUT2D eigenvalue weighted by Crippen LogP contribution is 2.27. The summed E-state index contributed by atoms with van der Waals surface area (Å²) in [5.74, 6) is -1.02. The molecule has 1 atom stereocenters. The van der Waals surface area contributed by atoms with Gasteiger partial charge in [0.2, 0.25) is 0 Å². The van der Waals surface area contributed by atoms with Crippen molar-refractivity contribution in [3.8, 4) is 0 Å². The van der Waals surface area contributed by atoms with Gasteiger partial charge in [-0.3, -0.25) is 4.79 Å². The first kappa shape index (κ1) is 10.4. The number of rotatable bonds is 3. The van der Waals surface area contributed by atoms with Gasteiger partial charge in [-0.25, -0.2) is 0 Å². The first-order chi connectivity index (χ1) is 6.12. The molecule has 5 nitrogen and oxygen atoms in total. The molecule has 0 bridgehead atoms. The van der Waals surface area contributed by atoms with Gasteiger partial charge < -0.3 is 20.3 Å². The van der Waals surface area contributed by atoms with Crippen LogP contribution < -0.4 is 5.73 Å². The van der Waals surface area contributed by atoms with E-state index >= 15 is 0 Å². The number of hydrogen-bond donors (Lipinski definition) is 2. The van der Waals surface area contributed by atoms with E-state index < -0.39 is 17.6 Å². The largest absolute Gasteiger partial charge is 0.480 e. The fourth-order valence-corrected chi connectivity index (χ4v) is 1.58. The molecular formula is C8H15NO4. The van der Waals surface area contributed by atoms with Crippen LogP contribution in [-0.2, 0) is 14.3 Å². The van der Waals surface area contributed by atoms with Crippen LogP contribution in [0, 0.1) is 0 Å². The molecule has 0 aromatic heterocycles. The van der Waals surface area contributed by atoms with Gasteiger partial charge in [-0.2, -0.15) is 0 Å². The molecule has 13 heavy (non-hydrogen) atoms.